The van der Waals surface area contributed by atoms with Gasteiger partial charge in [-0.15, -0.1) is 0 Å². The minimum absolute atomic E-state index is 0.469. The molecule has 0 aromatic heterocycles. The Morgan fingerprint density at radius 3 is 2.50 bits per heavy atom. The van der Waals surface area contributed by atoms with Crippen LogP contribution in [-0.2, 0) is 0 Å². The van der Waals surface area contributed by atoms with E-state index in [1.54, 1.807) is 0 Å². The van der Waals surface area contributed by atoms with Crippen molar-refractivity contribution in [1.82, 2.24) is 10.6 Å². The summed E-state index contributed by atoms with van der Waals surface area (Å²) in [6, 6.07) is 14.0. The maximum atomic E-state index is 3.46. The van der Waals surface area contributed by atoms with E-state index >= 15 is 0 Å². The predicted octanol–water partition coefficient (Wildman–Crippen LogP) is 2.63. The molecule has 1 aliphatic heterocycles. The maximum absolute atomic E-state index is 3.46. The number of nitrogens with one attached hydrogen (secondary N) is 2. The van der Waals surface area contributed by atoms with Gasteiger partial charge in [-0.2, -0.15) is 0 Å². The summed E-state index contributed by atoms with van der Waals surface area (Å²) in [5.41, 5.74) is 2.73. The van der Waals surface area contributed by atoms with E-state index < -0.39 is 0 Å². The van der Waals surface area contributed by atoms with Crippen LogP contribution in [0, 0.1) is 12.8 Å². The van der Waals surface area contributed by atoms with E-state index in [2.05, 4.69) is 61.0 Å². The Labute approximate surface area is 108 Å². The van der Waals surface area contributed by atoms with E-state index in [1.165, 1.54) is 21.9 Å². The molecule has 2 heteroatoms. The Bertz CT molecular complexity index is 558. The number of rotatable bonds is 3. The standard InChI is InChI=1S/C16H20N2/c1-11-3-4-13-8-14(6-5-12(13)7-11)16(17-2)15-9-18-10-15/h3-8,15-18H,9-10H2,1-2H3. The second-order valence-electron chi connectivity index (χ2n) is 5.29. The molecule has 0 aliphatic carbocycles. The maximum Gasteiger partial charge on any atom is 0.0370 e. The van der Waals surface area contributed by atoms with Crippen LogP contribution in [0.5, 0.6) is 0 Å². The number of benzene rings is 2. The van der Waals surface area contributed by atoms with Crippen molar-refractivity contribution in [3.05, 3.63) is 47.5 Å². The van der Waals surface area contributed by atoms with Crippen molar-refractivity contribution in [2.24, 2.45) is 5.92 Å². The highest BCUT2D eigenvalue weighted by molar-refractivity contribution is 5.83. The van der Waals surface area contributed by atoms with Crippen molar-refractivity contribution in [1.29, 1.82) is 0 Å². The van der Waals surface area contributed by atoms with E-state index in [4.69, 9.17) is 0 Å². The Morgan fingerprint density at radius 1 is 1.11 bits per heavy atom. The molecule has 1 fully saturated rings. The summed E-state index contributed by atoms with van der Waals surface area (Å²) in [6.45, 7) is 4.39. The zero-order valence-corrected chi connectivity index (χ0v) is 11.0. The molecule has 1 atom stereocenters. The summed E-state index contributed by atoms with van der Waals surface area (Å²) in [6.07, 6.45) is 0. The third-order valence-electron chi connectivity index (χ3n) is 3.97. The zero-order valence-electron chi connectivity index (χ0n) is 11.0. The van der Waals surface area contributed by atoms with E-state index in [0.717, 1.165) is 19.0 Å². The molecule has 2 N–H and O–H groups in total. The third-order valence-corrected chi connectivity index (χ3v) is 3.97. The van der Waals surface area contributed by atoms with Crippen LogP contribution in [0.15, 0.2) is 36.4 Å². The van der Waals surface area contributed by atoms with E-state index in [1.807, 2.05) is 0 Å². The Hall–Kier alpha value is -1.38. The molecule has 0 radical (unpaired) electrons. The largest absolute Gasteiger partial charge is 0.316 e. The molecule has 1 aliphatic rings. The molecule has 3 rings (SSSR count). The van der Waals surface area contributed by atoms with Gasteiger partial charge in [0.25, 0.3) is 0 Å². The summed E-state index contributed by atoms with van der Waals surface area (Å²) in [5.74, 6) is 0.720. The van der Waals surface area contributed by atoms with Crippen molar-refractivity contribution < 1.29 is 0 Å². The molecular weight excluding hydrogens is 220 g/mol. The normalized spacial score (nSPS) is 17.7. The van der Waals surface area contributed by atoms with Gasteiger partial charge < -0.3 is 10.6 Å². The number of fused-ring (bicyclic) bond motifs is 1. The van der Waals surface area contributed by atoms with Crippen LogP contribution in [0.3, 0.4) is 0 Å². The zero-order chi connectivity index (χ0) is 12.5. The molecule has 0 amide bonds. The quantitative estimate of drug-likeness (QED) is 0.862. The first-order valence-corrected chi connectivity index (χ1v) is 6.66. The lowest BCUT2D eigenvalue weighted by Gasteiger charge is -2.35. The van der Waals surface area contributed by atoms with Gasteiger partial charge in [0, 0.05) is 25.0 Å². The van der Waals surface area contributed by atoms with Gasteiger partial charge in [-0.05, 0) is 36.4 Å². The molecule has 0 bridgehead atoms. The van der Waals surface area contributed by atoms with E-state index in [-0.39, 0.29) is 0 Å². The summed E-state index contributed by atoms with van der Waals surface area (Å²) < 4.78 is 0. The second kappa shape index (κ2) is 4.71. The molecule has 0 spiro atoms. The van der Waals surface area contributed by atoms with Crippen molar-refractivity contribution in [3.63, 3.8) is 0 Å². The molecule has 1 heterocycles. The van der Waals surface area contributed by atoms with Gasteiger partial charge in [-0.25, -0.2) is 0 Å². The molecule has 2 aromatic rings. The first-order chi connectivity index (χ1) is 8.78. The average Bonchev–Trinajstić information content (AvgIpc) is 2.33. The first kappa shape index (κ1) is 11.7. The van der Waals surface area contributed by atoms with Gasteiger partial charge >= 0.3 is 0 Å². The molecule has 0 saturated carbocycles. The molecule has 18 heavy (non-hydrogen) atoms. The minimum atomic E-state index is 0.469. The van der Waals surface area contributed by atoms with Gasteiger partial charge in [0.2, 0.25) is 0 Å². The van der Waals surface area contributed by atoms with Crippen LogP contribution in [0.4, 0.5) is 0 Å². The Morgan fingerprint density at radius 2 is 1.83 bits per heavy atom. The molecular formula is C16H20N2. The van der Waals surface area contributed by atoms with Crippen molar-refractivity contribution in [2.45, 2.75) is 13.0 Å². The van der Waals surface area contributed by atoms with Crippen LogP contribution >= 0.6 is 0 Å². The van der Waals surface area contributed by atoms with Gasteiger partial charge in [0.15, 0.2) is 0 Å². The molecule has 2 aromatic carbocycles. The van der Waals surface area contributed by atoms with Gasteiger partial charge in [-0.3, -0.25) is 0 Å². The lowest BCUT2D eigenvalue weighted by Crippen LogP contribution is -2.48. The lowest BCUT2D eigenvalue weighted by molar-refractivity contribution is 0.268. The van der Waals surface area contributed by atoms with Crippen molar-refractivity contribution >= 4 is 10.8 Å². The number of hydrogen-bond donors (Lipinski definition) is 2. The first-order valence-electron chi connectivity index (χ1n) is 6.66. The highest BCUT2D eigenvalue weighted by Gasteiger charge is 2.26. The van der Waals surface area contributed by atoms with Gasteiger partial charge in [-0.1, -0.05) is 35.9 Å². The van der Waals surface area contributed by atoms with Gasteiger partial charge in [0.05, 0.1) is 0 Å². The summed E-state index contributed by atoms with van der Waals surface area (Å²) in [5, 5.41) is 9.48. The molecule has 1 unspecified atom stereocenters. The summed E-state index contributed by atoms with van der Waals surface area (Å²) in [7, 11) is 2.06. The van der Waals surface area contributed by atoms with Gasteiger partial charge in [0.1, 0.15) is 0 Å². The predicted molar refractivity (Wildman–Crippen MR) is 76.8 cm³/mol. The molecule has 94 valence electrons. The monoisotopic (exact) mass is 240 g/mol. The van der Waals surface area contributed by atoms with E-state index in [0.29, 0.717) is 6.04 Å². The average molecular weight is 240 g/mol. The SMILES string of the molecule is CNC(c1ccc2cc(C)ccc2c1)C1CNC1. The fourth-order valence-electron chi connectivity index (χ4n) is 2.80. The fraction of sp³-hybridized carbons (Fsp3) is 0.375. The molecule has 1 saturated heterocycles. The van der Waals surface area contributed by atoms with Crippen LogP contribution < -0.4 is 10.6 Å². The summed E-state index contributed by atoms with van der Waals surface area (Å²) >= 11 is 0. The number of hydrogen-bond acceptors (Lipinski definition) is 2. The lowest BCUT2D eigenvalue weighted by atomic mass is 9.87. The fourth-order valence-corrected chi connectivity index (χ4v) is 2.80. The van der Waals surface area contributed by atoms with Crippen molar-refractivity contribution in [3.8, 4) is 0 Å². The Kier molecular flexibility index (Phi) is 3.06. The number of aryl methyl sites for hydroxylation is 1. The third kappa shape index (κ3) is 2.02. The topological polar surface area (TPSA) is 24.1 Å². The van der Waals surface area contributed by atoms with Crippen molar-refractivity contribution in [2.75, 3.05) is 20.1 Å². The van der Waals surface area contributed by atoms with Crippen LogP contribution in [-0.4, -0.2) is 20.1 Å². The minimum Gasteiger partial charge on any atom is -0.316 e. The highest BCUT2D eigenvalue weighted by atomic mass is 15.0. The Balaban J connectivity index is 1.98. The van der Waals surface area contributed by atoms with Crippen LogP contribution in [0.25, 0.3) is 10.8 Å². The highest BCUT2D eigenvalue weighted by Crippen LogP contribution is 2.27. The second-order valence-corrected chi connectivity index (χ2v) is 5.29. The van der Waals surface area contributed by atoms with Crippen LogP contribution in [0.2, 0.25) is 0 Å². The smallest absolute Gasteiger partial charge is 0.0370 e. The van der Waals surface area contributed by atoms with E-state index in [9.17, 15) is 0 Å². The summed E-state index contributed by atoms with van der Waals surface area (Å²) in [4.78, 5) is 0. The van der Waals surface area contributed by atoms with Crippen LogP contribution in [0.1, 0.15) is 17.2 Å². The molecule has 2 nitrogen and oxygen atoms in total.